The van der Waals surface area contributed by atoms with E-state index in [0.717, 1.165) is 29.8 Å². The number of anilines is 2. The number of hydrogen-bond donors (Lipinski definition) is 3. The Bertz CT molecular complexity index is 1380. The summed E-state index contributed by atoms with van der Waals surface area (Å²) in [6.45, 7) is 0. The maximum atomic E-state index is 13.0. The van der Waals surface area contributed by atoms with E-state index in [4.69, 9.17) is 20.9 Å². The van der Waals surface area contributed by atoms with Crippen LogP contribution in [0.15, 0.2) is 66.2 Å². The maximum Gasteiger partial charge on any atom is 0.461 e. The van der Waals surface area contributed by atoms with Gasteiger partial charge >= 0.3 is 24.5 Å². The molecule has 5 N–H and O–H groups in total. The van der Waals surface area contributed by atoms with Crippen LogP contribution in [0, 0.1) is 0 Å². The number of carbonyl (C=O) groups excluding carboxylic acids is 1. The number of esters is 1. The molecular formula is C27H24F4N2O6. The average Bonchev–Trinajstić information content (AvgIpc) is 2.88. The lowest BCUT2D eigenvalue weighted by Gasteiger charge is -2.16. The average molecular weight is 548 g/mol. The van der Waals surface area contributed by atoms with E-state index < -0.39 is 30.2 Å². The van der Waals surface area contributed by atoms with E-state index in [0.29, 0.717) is 23.4 Å². The van der Waals surface area contributed by atoms with Crippen LogP contribution in [0.3, 0.4) is 0 Å². The molecule has 0 atom stereocenters. The standard InChI is InChI=1S/C27H24F4N2O6/c1-37-23-13-15(12-18(24(34)35)4-3-16-5-8-19(32)14-21(16)33)2-11-22(23)38-25(36)17-6-9-20(10-7-17)39-27(30,31)26(28)29/h2,5-14,26H,3-4,32-33H2,1H3,(H,34,35). The van der Waals surface area contributed by atoms with Gasteiger partial charge in [0.15, 0.2) is 11.5 Å². The molecule has 0 saturated carbocycles. The van der Waals surface area contributed by atoms with Gasteiger partial charge in [-0.2, -0.15) is 17.6 Å². The lowest BCUT2D eigenvalue weighted by molar-refractivity contribution is -0.253. The Morgan fingerprint density at radius 1 is 1.00 bits per heavy atom. The largest absolute Gasteiger partial charge is 0.493 e. The van der Waals surface area contributed by atoms with Crippen LogP contribution in [0.2, 0.25) is 0 Å². The Morgan fingerprint density at radius 2 is 1.69 bits per heavy atom. The van der Waals surface area contributed by atoms with Crippen LogP contribution in [0.25, 0.3) is 6.08 Å². The molecule has 0 bridgehead atoms. The maximum absolute atomic E-state index is 13.0. The number of aryl methyl sites for hydroxylation is 1. The normalized spacial score (nSPS) is 11.8. The highest BCUT2D eigenvalue weighted by molar-refractivity contribution is 5.93. The molecule has 0 aliphatic rings. The van der Waals surface area contributed by atoms with Crippen LogP contribution in [0.5, 0.6) is 17.2 Å². The molecule has 0 heterocycles. The first-order valence-electron chi connectivity index (χ1n) is 11.3. The Kier molecular flexibility index (Phi) is 9.02. The molecule has 12 heteroatoms. The summed E-state index contributed by atoms with van der Waals surface area (Å²) in [6.07, 6.45) is -6.74. The number of carboxylic acid groups (broad SMARTS) is 1. The third-order valence-electron chi connectivity index (χ3n) is 5.44. The van der Waals surface area contributed by atoms with Gasteiger partial charge in [0.2, 0.25) is 0 Å². The van der Waals surface area contributed by atoms with Crippen LogP contribution in [-0.4, -0.2) is 36.7 Å². The number of methoxy groups -OCH3 is 1. The highest BCUT2D eigenvalue weighted by Gasteiger charge is 2.43. The van der Waals surface area contributed by atoms with E-state index in [1.807, 2.05) is 0 Å². The quantitative estimate of drug-likeness (QED) is 0.0952. The van der Waals surface area contributed by atoms with Gasteiger partial charge in [0.25, 0.3) is 0 Å². The second-order valence-corrected chi connectivity index (χ2v) is 8.22. The predicted molar refractivity (Wildman–Crippen MR) is 135 cm³/mol. The van der Waals surface area contributed by atoms with E-state index in [2.05, 4.69) is 4.74 Å². The summed E-state index contributed by atoms with van der Waals surface area (Å²) >= 11 is 0. The van der Waals surface area contributed by atoms with E-state index in [-0.39, 0.29) is 29.1 Å². The third kappa shape index (κ3) is 7.63. The summed E-state index contributed by atoms with van der Waals surface area (Å²) < 4.78 is 65.2. The molecule has 0 fully saturated rings. The first-order chi connectivity index (χ1) is 18.4. The number of carboxylic acids is 1. The van der Waals surface area contributed by atoms with Gasteiger partial charge < -0.3 is 30.8 Å². The Labute approximate surface area is 220 Å². The van der Waals surface area contributed by atoms with Gasteiger partial charge in [-0.3, -0.25) is 0 Å². The summed E-state index contributed by atoms with van der Waals surface area (Å²) in [5.41, 5.74) is 13.8. The van der Waals surface area contributed by atoms with Crippen molar-refractivity contribution in [2.24, 2.45) is 0 Å². The topological polar surface area (TPSA) is 134 Å². The van der Waals surface area contributed by atoms with Crippen molar-refractivity contribution in [1.82, 2.24) is 0 Å². The molecule has 3 aromatic carbocycles. The highest BCUT2D eigenvalue weighted by Crippen LogP contribution is 2.31. The van der Waals surface area contributed by atoms with Crippen molar-refractivity contribution < 1.29 is 46.5 Å². The van der Waals surface area contributed by atoms with E-state index in [1.165, 1.54) is 31.4 Å². The zero-order valence-electron chi connectivity index (χ0n) is 20.5. The lowest BCUT2D eigenvalue weighted by atomic mass is 10.0. The number of nitrogen functional groups attached to an aromatic ring is 2. The molecule has 3 aromatic rings. The van der Waals surface area contributed by atoms with Crippen molar-refractivity contribution in [3.8, 4) is 17.2 Å². The predicted octanol–water partition coefficient (Wildman–Crippen LogP) is 5.42. The fourth-order valence-corrected chi connectivity index (χ4v) is 3.43. The molecule has 0 radical (unpaired) electrons. The van der Waals surface area contributed by atoms with Crippen molar-refractivity contribution >= 4 is 29.4 Å². The number of carbonyl (C=O) groups is 2. The molecule has 8 nitrogen and oxygen atoms in total. The van der Waals surface area contributed by atoms with Crippen molar-refractivity contribution in [3.05, 3.63) is 82.9 Å². The van der Waals surface area contributed by atoms with Crippen LogP contribution in [-0.2, 0) is 11.2 Å². The van der Waals surface area contributed by atoms with Crippen molar-refractivity contribution in [2.45, 2.75) is 25.4 Å². The van der Waals surface area contributed by atoms with Crippen molar-refractivity contribution in [1.29, 1.82) is 0 Å². The molecule has 0 saturated heterocycles. The van der Waals surface area contributed by atoms with Crippen LogP contribution < -0.4 is 25.7 Å². The molecular weight excluding hydrogens is 524 g/mol. The zero-order valence-corrected chi connectivity index (χ0v) is 20.5. The second-order valence-electron chi connectivity index (χ2n) is 8.22. The van der Waals surface area contributed by atoms with Gasteiger partial charge in [-0.15, -0.1) is 0 Å². The van der Waals surface area contributed by atoms with E-state index in [1.54, 1.807) is 18.2 Å². The molecule has 39 heavy (non-hydrogen) atoms. The first-order valence-corrected chi connectivity index (χ1v) is 11.3. The van der Waals surface area contributed by atoms with Crippen molar-refractivity contribution in [2.75, 3.05) is 18.6 Å². The number of benzene rings is 3. The Morgan fingerprint density at radius 3 is 2.28 bits per heavy atom. The summed E-state index contributed by atoms with van der Waals surface area (Å²) in [7, 11) is 1.32. The van der Waals surface area contributed by atoms with Crippen LogP contribution >= 0.6 is 0 Å². The fraction of sp³-hybridized carbons (Fsp3) is 0.185. The minimum absolute atomic E-state index is 0.00395. The molecule has 0 spiro atoms. The molecule has 0 unspecified atom stereocenters. The highest BCUT2D eigenvalue weighted by atomic mass is 19.3. The number of rotatable bonds is 11. The number of nitrogens with two attached hydrogens (primary N) is 2. The van der Waals surface area contributed by atoms with Crippen LogP contribution in [0.4, 0.5) is 28.9 Å². The van der Waals surface area contributed by atoms with Crippen LogP contribution in [0.1, 0.15) is 27.9 Å². The summed E-state index contributed by atoms with van der Waals surface area (Å²) in [5.74, 6) is -2.48. The van der Waals surface area contributed by atoms with Gasteiger partial charge in [-0.1, -0.05) is 12.1 Å². The zero-order chi connectivity index (χ0) is 28.7. The fourth-order valence-electron chi connectivity index (χ4n) is 3.43. The smallest absolute Gasteiger partial charge is 0.461 e. The molecule has 0 aliphatic carbocycles. The minimum Gasteiger partial charge on any atom is -0.493 e. The minimum atomic E-state index is -4.68. The SMILES string of the molecule is COc1cc(C=C(CCc2ccc(N)cc2N)C(=O)O)ccc1OC(=O)c1ccc(OC(F)(F)C(F)F)cc1. The number of ether oxygens (including phenoxy) is 3. The summed E-state index contributed by atoms with van der Waals surface area (Å²) in [6, 6.07) is 13.3. The Hall–Kier alpha value is -4.74. The molecule has 206 valence electrons. The first kappa shape index (κ1) is 28.8. The second kappa shape index (κ2) is 12.2. The number of aliphatic carboxylic acids is 1. The third-order valence-corrected chi connectivity index (χ3v) is 5.44. The number of alkyl halides is 4. The van der Waals surface area contributed by atoms with E-state index in [9.17, 15) is 32.3 Å². The van der Waals surface area contributed by atoms with Gasteiger partial charge in [0, 0.05) is 16.9 Å². The Balaban J connectivity index is 1.73. The van der Waals surface area contributed by atoms with Gasteiger partial charge in [-0.25, -0.2) is 9.59 Å². The van der Waals surface area contributed by atoms with Gasteiger partial charge in [-0.05, 0) is 78.6 Å². The molecule has 0 aromatic heterocycles. The number of halogens is 4. The van der Waals surface area contributed by atoms with E-state index >= 15 is 0 Å². The molecule has 0 aliphatic heterocycles. The van der Waals surface area contributed by atoms with Gasteiger partial charge in [0.1, 0.15) is 5.75 Å². The summed E-state index contributed by atoms with van der Waals surface area (Å²) in [4.78, 5) is 24.3. The lowest BCUT2D eigenvalue weighted by Crippen LogP contribution is -2.33. The monoisotopic (exact) mass is 548 g/mol. The van der Waals surface area contributed by atoms with Gasteiger partial charge in [0.05, 0.1) is 12.7 Å². The summed E-state index contributed by atoms with van der Waals surface area (Å²) in [5, 5.41) is 9.65. The van der Waals surface area contributed by atoms with Crippen molar-refractivity contribution in [3.63, 3.8) is 0 Å². The molecule has 0 amide bonds. The number of hydrogen-bond acceptors (Lipinski definition) is 7. The molecule has 3 rings (SSSR count).